The summed E-state index contributed by atoms with van der Waals surface area (Å²) < 4.78 is 31.3. The first-order valence-corrected chi connectivity index (χ1v) is 10.7. The molecule has 0 radical (unpaired) electrons. The van der Waals surface area contributed by atoms with Crippen molar-refractivity contribution in [3.63, 3.8) is 0 Å². The summed E-state index contributed by atoms with van der Waals surface area (Å²) >= 11 is 1.80. The summed E-state index contributed by atoms with van der Waals surface area (Å²) in [6.45, 7) is 2.10. The molecule has 1 saturated heterocycles. The Morgan fingerprint density at radius 3 is 2.71 bits per heavy atom. The predicted molar refractivity (Wildman–Crippen MR) is 96.3 cm³/mol. The Bertz CT molecular complexity index is 741. The highest BCUT2D eigenvalue weighted by Gasteiger charge is 2.23. The lowest BCUT2D eigenvalue weighted by atomic mass is 10.1. The van der Waals surface area contributed by atoms with E-state index in [0.717, 1.165) is 22.8 Å². The molecular weight excluding hydrogens is 346 g/mol. The highest BCUT2D eigenvalue weighted by atomic mass is 32.2. The van der Waals surface area contributed by atoms with Crippen LogP contribution in [-0.2, 0) is 16.6 Å². The first-order chi connectivity index (χ1) is 11.6. The largest absolute Gasteiger partial charge is 0.359 e. The molecule has 0 amide bonds. The zero-order chi connectivity index (χ0) is 16.8. The Kier molecular flexibility index (Phi) is 5.94. The van der Waals surface area contributed by atoms with Gasteiger partial charge >= 0.3 is 0 Å². The molecule has 0 saturated carbocycles. The summed E-state index contributed by atoms with van der Waals surface area (Å²) in [6.07, 6.45) is 0. The maximum Gasteiger partial charge on any atom is 0.215 e. The van der Waals surface area contributed by atoms with Gasteiger partial charge in [0.2, 0.25) is 10.0 Å². The maximum absolute atomic E-state index is 12.2. The second-order valence-corrected chi connectivity index (χ2v) is 8.86. The van der Waals surface area contributed by atoms with E-state index in [-0.39, 0.29) is 5.75 Å². The van der Waals surface area contributed by atoms with E-state index < -0.39 is 10.0 Å². The van der Waals surface area contributed by atoms with Crippen LogP contribution >= 0.6 is 11.8 Å². The van der Waals surface area contributed by atoms with E-state index in [9.17, 15) is 8.42 Å². The van der Waals surface area contributed by atoms with Crippen LogP contribution in [0.3, 0.4) is 0 Å². The minimum absolute atomic E-state index is 0.108. The van der Waals surface area contributed by atoms with Crippen molar-refractivity contribution in [2.24, 2.45) is 0 Å². The lowest BCUT2D eigenvalue weighted by molar-refractivity contribution is 0.375. The van der Waals surface area contributed by atoms with Crippen molar-refractivity contribution in [3.05, 3.63) is 42.2 Å². The third kappa shape index (κ3) is 4.60. The van der Waals surface area contributed by atoms with Gasteiger partial charge in [0.15, 0.2) is 5.76 Å². The molecule has 2 aromatic rings. The molecule has 6 nitrogen and oxygen atoms in total. The minimum Gasteiger partial charge on any atom is -0.359 e. The quantitative estimate of drug-likeness (QED) is 0.752. The fourth-order valence-electron chi connectivity index (χ4n) is 2.51. The molecule has 2 heterocycles. The highest BCUT2D eigenvalue weighted by molar-refractivity contribution is 7.99. The summed E-state index contributed by atoms with van der Waals surface area (Å²) in [5, 5.41) is 7.16. The number of hydrogen-bond donors (Lipinski definition) is 1. The summed E-state index contributed by atoms with van der Waals surface area (Å²) in [4.78, 5) is 0. The van der Waals surface area contributed by atoms with Crippen molar-refractivity contribution in [2.45, 2.75) is 6.54 Å². The minimum atomic E-state index is -3.16. The second-order valence-electron chi connectivity index (χ2n) is 5.55. The van der Waals surface area contributed by atoms with Crippen LogP contribution in [-0.4, -0.2) is 54.8 Å². The molecule has 8 heteroatoms. The van der Waals surface area contributed by atoms with E-state index >= 15 is 0 Å². The molecule has 130 valence electrons. The molecule has 0 aliphatic carbocycles. The number of rotatable bonds is 7. The molecule has 0 spiro atoms. The molecule has 1 aliphatic rings. The number of aromatic nitrogens is 1. The fraction of sp³-hybridized carbons (Fsp3) is 0.438. The van der Waals surface area contributed by atoms with Crippen molar-refractivity contribution in [1.29, 1.82) is 0 Å². The smallest absolute Gasteiger partial charge is 0.215 e. The van der Waals surface area contributed by atoms with Gasteiger partial charge in [0.05, 0.1) is 12.3 Å². The summed E-state index contributed by atoms with van der Waals surface area (Å²) in [5.74, 6) is 2.57. The van der Waals surface area contributed by atoms with Crippen molar-refractivity contribution in [3.8, 4) is 11.3 Å². The van der Waals surface area contributed by atoms with Crippen molar-refractivity contribution < 1.29 is 12.9 Å². The molecule has 1 aromatic heterocycles. The Morgan fingerprint density at radius 2 is 1.96 bits per heavy atom. The molecule has 1 aliphatic heterocycles. The van der Waals surface area contributed by atoms with Crippen molar-refractivity contribution >= 4 is 21.8 Å². The van der Waals surface area contributed by atoms with E-state index in [1.54, 1.807) is 16.1 Å². The lowest BCUT2D eigenvalue weighted by Crippen LogP contribution is -2.41. The van der Waals surface area contributed by atoms with E-state index in [1.165, 1.54) is 0 Å². The van der Waals surface area contributed by atoms with Gasteiger partial charge in [-0.1, -0.05) is 35.5 Å². The number of nitrogens with zero attached hydrogens (tertiary/aromatic N) is 2. The number of hydrogen-bond acceptors (Lipinski definition) is 6. The number of sulfonamides is 1. The van der Waals surface area contributed by atoms with Crippen LogP contribution in [0.15, 0.2) is 40.9 Å². The zero-order valence-electron chi connectivity index (χ0n) is 13.3. The van der Waals surface area contributed by atoms with E-state index in [4.69, 9.17) is 4.52 Å². The number of nitrogens with one attached hydrogen (secondary N) is 1. The third-order valence-corrected chi connectivity index (χ3v) is 6.64. The molecular formula is C16H21N3O3S2. The summed E-state index contributed by atoms with van der Waals surface area (Å²) in [7, 11) is -3.16. The van der Waals surface area contributed by atoms with Crippen LogP contribution in [0.5, 0.6) is 0 Å². The maximum atomic E-state index is 12.2. The highest BCUT2D eigenvalue weighted by Crippen LogP contribution is 2.18. The van der Waals surface area contributed by atoms with Gasteiger partial charge < -0.3 is 9.84 Å². The first-order valence-electron chi connectivity index (χ1n) is 7.92. The predicted octanol–water partition coefficient (Wildman–Crippen LogP) is 1.81. The van der Waals surface area contributed by atoms with Crippen LogP contribution in [0.25, 0.3) is 11.3 Å². The van der Waals surface area contributed by atoms with Gasteiger partial charge in [0.1, 0.15) is 5.69 Å². The lowest BCUT2D eigenvalue weighted by Gasteiger charge is -2.25. The van der Waals surface area contributed by atoms with Crippen LogP contribution in [0.4, 0.5) is 0 Å². The molecule has 1 fully saturated rings. The fourth-order valence-corrected chi connectivity index (χ4v) is 5.04. The molecule has 0 unspecified atom stereocenters. The standard InChI is InChI=1S/C16H21N3O3S2/c20-24(21,19-7-9-23-10-8-19)11-6-17-13-15-12-16(18-22-15)14-4-2-1-3-5-14/h1-5,12,17H,6-11,13H2. The summed E-state index contributed by atoms with van der Waals surface area (Å²) in [5.41, 5.74) is 1.78. The SMILES string of the molecule is O=S(=O)(CCNCc1cc(-c2ccccc2)no1)N1CCSCC1. The van der Waals surface area contributed by atoms with Gasteiger partial charge in [-0.15, -0.1) is 0 Å². The van der Waals surface area contributed by atoms with Crippen molar-refractivity contribution in [2.75, 3.05) is 36.9 Å². The van der Waals surface area contributed by atoms with Gasteiger partial charge in [-0.3, -0.25) is 0 Å². The molecule has 1 aromatic carbocycles. The van der Waals surface area contributed by atoms with Crippen LogP contribution in [0.1, 0.15) is 5.76 Å². The first kappa shape index (κ1) is 17.5. The van der Waals surface area contributed by atoms with Gasteiger partial charge in [0.25, 0.3) is 0 Å². The molecule has 24 heavy (non-hydrogen) atoms. The van der Waals surface area contributed by atoms with E-state index in [2.05, 4.69) is 10.5 Å². The zero-order valence-corrected chi connectivity index (χ0v) is 15.0. The van der Waals surface area contributed by atoms with E-state index in [0.29, 0.717) is 31.9 Å². The van der Waals surface area contributed by atoms with Gasteiger partial charge in [-0.2, -0.15) is 11.8 Å². The average molecular weight is 367 g/mol. The van der Waals surface area contributed by atoms with Crippen molar-refractivity contribution in [1.82, 2.24) is 14.8 Å². The monoisotopic (exact) mass is 367 g/mol. The Labute approximate surface area is 146 Å². The molecule has 3 rings (SSSR count). The Morgan fingerprint density at radius 1 is 1.21 bits per heavy atom. The average Bonchev–Trinajstić information content (AvgIpc) is 3.09. The van der Waals surface area contributed by atoms with Gasteiger partial charge in [0, 0.05) is 42.8 Å². The Balaban J connectivity index is 1.46. The van der Waals surface area contributed by atoms with Gasteiger partial charge in [-0.05, 0) is 0 Å². The molecule has 0 atom stereocenters. The van der Waals surface area contributed by atoms with Crippen LogP contribution < -0.4 is 5.32 Å². The molecule has 0 bridgehead atoms. The summed E-state index contributed by atoms with van der Waals surface area (Å²) in [6, 6.07) is 11.7. The van der Waals surface area contributed by atoms with Crippen LogP contribution in [0.2, 0.25) is 0 Å². The topological polar surface area (TPSA) is 75.4 Å². The van der Waals surface area contributed by atoms with Crippen LogP contribution in [0, 0.1) is 0 Å². The number of benzene rings is 1. The normalized spacial score (nSPS) is 16.3. The molecule has 1 N–H and O–H groups in total. The second kappa shape index (κ2) is 8.15. The van der Waals surface area contributed by atoms with Gasteiger partial charge in [-0.25, -0.2) is 12.7 Å². The number of thioether (sulfide) groups is 1. The Hall–Kier alpha value is -1.35. The van der Waals surface area contributed by atoms with E-state index in [1.807, 2.05) is 36.4 Å². The third-order valence-electron chi connectivity index (χ3n) is 3.83.